The lowest BCUT2D eigenvalue weighted by atomic mass is 9.97. The fourth-order valence-corrected chi connectivity index (χ4v) is 11.4. The van der Waals surface area contributed by atoms with E-state index >= 15 is 0 Å². The molecule has 7 aromatic rings. The molecule has 0 radical (unpaired) electrons. The minimum atomic E-state index is -0.940. The number of aromatic amines is 1. The van der Waals surface area contributed by atoms with Crippen molar-refractivity contribution in [1.82, 2.24) is 25.3 Å². The molecule has 0 bridgehead atoms. The zero-order valence-corrected chi connectivity index (χ0v) is 47.5. The zero-order valence-electron chi connectivity index (χ0n) is 39.0. The van der Waals surface area contributed by atoms with E-state index in [1.807, 2.05) is 41.1 Å². The van der Waals surface area contributed by atoms with Gasteiger partial charge in [0.2, 0.25) is 11.8 Å². The molecule has 72 heavy (non-hydrogen) atoms. The van der Waals surface area contributed by atoms with Gasteiger partial charge in [-0.2, -0.15) is 5.10 Å². The molecule has 0 aliphatic carbocycles. The van der Waals surface area contributed by atoms with Crippen LogP contribution in [0.3, 0.4) is 0 Å². The van der Waals surface area contributed by atoms with E-state index in [2.05, 4.69) is 97.6 Å². The van der Waals surface area contributed by atoms with Gasteiger partial charge in [0, 0.05) is 82.1 Å². The number of halogens is 9. The summed E-state index contributed by atoms with van der Waals surface area (Å²) in [6, 6.07) is 34.7. The molecule has 2 amide bonds. The molecule has 3 N–H and O–H groups in total. The van der Waals surface area contributed by atoms with Gasteiger partial charge in [0.15, 0.2) is 0 Å². The number of hydrogen-bond donors (Lipinski definition) is 3. The summed E-state index contributed by atoms with van der Waals surface area (Å²) >= 11 is 43.4. The third-order valence-electron chi connectivity index (χ3n) is 12.7. The molecule has 376 valence electrons. The number of fused-ring (bicyclic) bond motifs is 3. The highest BCUT2D eigenvalue weighted by Crippen LogP contribution is 2.41. The van der Waals surface area contributed by atoms with Crippen molar-refractivity contribution < 1.29 is 19.5 Å². The summed E-state index contributed by atoms with van der Waals surface area (Å²) in [5.41, 5.74) is 11.5. The van der Waals surface area contributed by atoms with Crippen LogP contribution in [0.4, 0.5) is 0 Å². The summed E-state index contributed by atoms with van der Waals surface area (Å²) in [6.45, 7) is 8.47. The molecule has 1 aromatic heterocycles. The van der Waals surface area contributed by atoms with Gasteiger partial charge in [0.25, 0.3) is 0 Å². The first-order valence-corrected chi connectivity index (χ1v) is 26.3. The number of aromatic nitrogens is 2. The molecular weight excluding hydrogens is 1190 g/mol. The highest BCUT2D eigenvalue weighted by Gasteiger charge is 2.34. The molecule has 10 rings (SSSR count). The topological polar surface area (TPSA) is 119 Å². The predicted molar refractivity (Wildman–Crippen MR) is 301 cm³/mol. The van der Waals surface area contributed by atoms with Gasteiger partial charge in [0.1, 0.15) is 0 Å². The van der Waals surface area contributed by atoms with Gasteiger partial charge in [-0.1, -0.05) is 162 Å². The quantitative estimate of drug-likeness (QED) is 0.146. The van der Waals surface area contributed by atoms with Crippen molar-refractivity contribution >= 4 is 132 Å². The number of amides is 2. The van der Waals surface area contributed by atoms with Gasteiger partial charge in [-0.25, -0.2) is 0 Å². The second-order valence-corrected chi connectivity index (χ2v) is 21.1. The first kappa shape index (κ1) is 57.2. The van der Waals surface area contributed by atoms with E-state index in [1.54, 1.807) is 60.8 Å². The number of rotatable bonds is 7. The number of carboxylic acid groups (broad SMARTS) is 1. The number of carboxylic acids is 1. The van der Waals surface area contributed by atoms with Gasteiger partial charge in [-0.15, -0.1) is 12.4 Å². The van der Waals surface area contributed by atoms with Crippen LogP contribution in [0.1, 0.15) is 89.0 Å². The highest BCUT2D eigenvalue weighted by molar-refractivity contribution is 9.10. The van der Waals surface area contributed by atoms with Gasteiger partial charge >= 0.3 is 5.97 Å². The first-order chi connectivity index (χ1) is 33.9. The Morgan fingerprint density at radius 3 is 1.42 bits per heavy atom. The molecule has 6 aromatic carbocycles. The Bertz CT molecular complexity index is 3030. The number of nitrogens with zero attached hydrogens (tertiary/aromatic N) is 3. The van der Waals surface area contributed by atoms with Crippen molar-refractivity contribution in [2.75, 3.05) is 0 Å². The second-order valence-electron chi connectivity index (χ2n) is 17.0. The maximum absolute atomic E-state index is 13.0. The third kappa shape index (κ3) is 13.4. The van der Waals surface area contributed by atoms with Crippen LogP contribution in [0.5, 0.6) is 0 Å². The normalized spacial score (nSPS) is 15.8. The molecule has 0 fully saturated rings. The molecule has 0 saturated carbocycles. The van der Waals surface area contributed by atoms with E-state index in [1.165, 1.54) is 37.9 Å². The number of hydrogen-bond acceptors (Lipinski definition) is 5. The SMILES string of the molecule is C[C@@H]1NCc2c(Br)cccc21.C[C@H]1c2cccc(-c3cn[nH]c3)c2CN1C(=O)Cc1c(Cl)cccc1Cl.C[C@H]1c2cccc(Br)c2CN1C(=O)Cc1c(Cl)cccc1Cl.Cl.O=C(O)Cc1c(Cl)cccc1Cl. The molecule has 9 nitrogen and oxygen atoms in total. The largest absolute Gasteiger partial charge is 0.481 e. The van der Waals surface area contributed by atoms with Crippen LogP contribution in [0.2, 0.25) is 30.1 Å². The van der Waals surface area contributed by atoms with Crippen LogP contribution in [0.15, 0.2) is 131 Å². The average Bonchev–Trinajstić information content (AvgIpc) is 4.16. The highest BCUT2D eigenvalue weighted by atomic mass is 79.9. The van der Waals surface area contributed by atoms with Crippen LogP contribution in [0.25, 0.3) is 11.1 Å². The summed E-state index contributed by atoms with van der Waals surface area (Å²) in [7, 11) is 0. The van der Waals surface area contributed by atoms with E-state index < -0.39 is 5.97 Å². The van der Waals surface area contributed by atoms with Crippen molar-refractivity contribution in [3.63, 3.8) is 0 Å². The number of aliphatic carboxylic acids is 1. The van der Waals surface area contributed by atoms with E-state index in [-0.39, 0.29) is 55.6 Å². The summed E-state index contributed by atoms with van der Waals surface area (Å²) in [4.78, 5) is 39.8. The molecule has 4 heterocycles. The van der Waals surface area contributed by atoms with Crippen molar-refractivity contribution in [1.29, 1.82) is 0 Å². The Balaban J connectivity index is 0.000000166. The van der Waals surface area contributed by atoms with Gasteiger partial charge in [0.05, 0.1) is 37.5 Å². The average molecular weight is 1240 g/mol. The summed E-state index contributed by atoms with van der Waals surface area (Å²) in [5, 5.41) is 21.7. The number of benzene rings is 6. The third-order valence-corrected chi connectivity index (χ3v) is 16.3. The summed E-state index contributed by atoms with van der Waals surface area (Å²) in [6.07, 6.45) is 3.94. The summed E-state index contributed by atoms with van der Waals surface area (Å²) < 4.78 is 2.27. The van der Waals surface area contributed by atoms with E-state index in [9.17, 15) is 14.4 Å². The Labute approximate surface area is 472 Å². The summed E-state index contributed by atoms with van der Waals surface area (Å²) in [5.74, 6) is -0.891. The van der Waals surface area contributed by atoms with Crippen molar-refractivity contribution in [2.24, 2.45) is 0 Å². The van der Waals surface area contributed by atoms with Crippen LogP contribution >= 0.6 is 114 Å². The number of H-pyrrole nitrogens is 1. The van der Waals surface area contributed by atoms with Crippen molar-refractivity contribution in [3.8, 4) is 11.1 Å². The lowest BCUT2D eigenvalue weighted by Gasteiger charge is -2.22. The minimum absolute atomic E-state index is 0. The number of carbonyl (C=O) groups is 3. The molecule has 0 saturated heterocycles. The van der Waals surface area contributed by atoms with Gasteiger partial charge in [-0.3, -0.25) is 19.5 Å². The van der Waals surface area contributed by atoms with E-state index in [0.29, 0.717) is 66.0 Å². The number of nitrogens with one attached hydrogen (secondary N) is 2. The Morgan fingerprint density at radius 1 is 0.583 bits per heavy atom. The molecule has 3 atom stereocenters. The molecular formula is C54H48Br2Cl7N5O4. The van der Waals surface area contributed by atoms with Crippen LogP contribution in [-0.2, 0) is 53.3 Å². The van der Waals surface area contributed by atoms with E-state index in [4.69, 9.17) is 74.7 Å². The molecule has 3 aliphatic rings. The molecule has 0 spiro atoms. The molecule has 3 aliphatic heterocycles. The van der Waals surface area contributed by atoms with Gasteiger partial charge < -0.3 is 20.2 Å². The molecule has 18 heteroatoms. The van der Waals surface area contributed by atoms with E-state index in [0.717, 1.165) is 22.1 Å². The van der Waals surface area contributed by atoms with Crippen LogP contribution in [0, 0.1) is 0 Å². The smallest absolute Gasteiger partial charge is 0.307 e. The van der Waals surface area contributed by atoms with Crippen LogP contribution in [-0.4, -0.2) is 42.9 Å². The lowest BCUT2D eigenvalue weighted by Crippen LogP contribution is -2.29. The zero-order chi connectivity index (χ0) is 51.1. The first-order valence-electron chi connectivity index (χ1n) is 22.4. The molecule has 0 unspecified atom stereocenters. The predicted octanol–water partition coefficient (Wildman–Crippen LogP) is 16.1. The second kappa shape index (κ2) is 25.9. The fourth-order valence-electron chi connectivity index (χ4n) is 8.83. The standard InChI is InChI=1S/C20H17Cl2N3O.C17H14BrCl2NO.C9H10BrN.C8H6Cl2O2.ClH/c1-12-14-4-2-5-15(13-9-23-24-10-13)17(14)11-25(12)20(26)8-16-18(21)6-3-7-19(16)22;1-10-11-4-2-5-14(18)13(11)9-21(10)17(22)8-12-15(19)6-3-7-16(12)20;1-6-7-3-2-4-9(10)8(7)5-11-6;9-6-2-1-3-7(10)5(6)4-8(11)12;/h2-7,9-10,12H,8,11H2,1H3,(H,23,24);2-7,10H,8-9H2,1H3;2-4,6,11H,5H2,1H3;1-3H,4H2,(H,11,12);1H/t12-;10-;6-;;/m000../s1. The Kier molecular flexibility index (Phi) is 20.6. The lowest BCUT2D eigenvalue weighted by molar-refractivity contribution is -0.136. The maximum atomic E-state index is 13.0. The fraction of sp³-hybridized carbons (Fsp3) is 0.222. The van der Waals surface area contributed by atoms with Gasteiger partial charge in [-0.05, 0) is 119 Å². The van der Waals surface area contributed by atoms with Crippen molar-refractivity contribution in [3.05, 3.63) is 211 Å². The maximum Gasteiger partial charge on any atom is 0.307 e. The minimum Gasteiger partial charge on any atom is -0.481 e. The Morgan fingerprint density at radius 2 is 0.986 bits per heavy atom. The Hall–Kier alpha value is -4.11. The monoisotopic (exact) mass is 1230 g/mol. The van der Waals surface area contributed by atoms with Crippen LogP contribution < -0.4 is 5.32 Å². The van der Waals surface area contributed by atoms with Crippen molar-refractivity contribution in [2.45, 2.75) is 77.8 Å². The number of carbonyl (C=O) groups excluding carboxylic acids is 2.